The number of fused-ring (bicyclic) bond motifs is 6. The molecule has 7 aromatic carbocycles. The number of furan rings is 2. The summed E-state index contributed by atoms with van der Waals surface area (Å²) in [5.74, 6) is 0.168. The van der Waals surface area contributed by atoms with Crippen molar-refractivity contribution in [2.24, 2.45) is 0 Å². The predicted molar refractivity (Wildman–Crippen MR) is 202 cm³/mol. The van der Waals surface area contributed by atoms with Crippen LogP contribution in [0.4, 0.5) is 0 Å². The Hall–Kier alpha value is -6.85. The highest BCUT2D eigenvalue weighted by Gasteiger charge is 2.16. The molecule has 234 valence electrons. The Morgan fingerprint density at radius 2 is 0.980 bits per heavy atom. The molecule has 3 heterocycles. The van der Waals surface area contributed by atoms with E-state index >= 15 is 0 Å². The number of hydrogen-bond donors (Lipinski definition) is 0. The molecule has 0 saturated heterocycles. The van der Waals surface area contributed by atoms with Gasteiger partial charge in [0.25, 0.3) is 0 Å². The standard InChI is InChI=1S/C45H27N3O2/c1-2-9-28(10-3-1)29-17-21-31(22-18-29)43-46-44(48-45(47-43)33-25-26-36-35-11-4-6-14-38(35)50-41(36)27-33)32-23-19-30(20-24-32)34-13-8-16-40-42(34)37-12-5-7-15-39(37)49-40/h1-27H/i5D,7D,8D,12D,13D,15D,16D,19D,20D,23D,24D. The maximum atomic E-state index is 9.35. The minimum Gasteiger partial charge on any atom is -0.456 e. The van der Waals surface area contributed by atoms with Crippen molar-refractivity contribution in [1.29, 1.82) is 0 Å². The van der Waals surface area contributed by atoms with E-state index in [1.54, 1.807) is 6.07 Å². The SMILES string of the molecule is [2H]c1c([2H])c(-c2c([2H])c([2H])c([2H])c3oc4c([2H])c([2H])c([2H])c([2H])c4c23)c([2H])c([2H])c1-c1nc(-c2ccc(-c3ccccc3)cc2)nc(-c2ccc3c(c2)oc2ccccc23)n1. The molecule has 10 rings (SSSR count). The molecule has 0 unspecified atom stereocenters. The van der Waals surface area contributed by atoms with E-state index < -0.39 is 72.0 Å². The number of para-hydroxylation sites is 2. The summed E-state index contributed by atoms with van der Waals surface area (Å²) in [6.07, 6.45) is 0. The van der Waals surface area contributed by atoms with E-state index in [9.17, 15) is 5.48 Å². The first kappa shape index (κ1) is 19.2. The maximum Gasteiger partial charge on any atom is 0.164 e. The summed E-state index contributed by atoms with van der Waals surface area (Å²) >= 11 is 0. The molecule has 0 radical (unpaired) electrons. The fourth-order valence-corrected chi connectivity index (χ4v) is 6.15. The van der Waals surface area contributed by atoms with E-state index in [1.807, 2.05) is 91.0 Å². The van der Waals surface area contributed by atoms with E-state index in [-0.39, 0.29) is 50.5 Å². The van der Waals surface area contributed by atoms with Crippen LogP contribution < -0.4 is 0 Å². The lowest BCUT2D eigenvalue weighted by molar-refractivity contribution is 0.668. The molecule has 0 saturated carbocycles. The second-order valence-corrected chi connectivity index (χ2v) is 11.6. The van der Waals surface area contributed by atoms with Crippen LogP contribution in [0.5, 0.6) is 0 Å². The van der Waals surface area contributed by atoms with Gasteiger partial charge in [-0.25, -0.2) is 15.0 Å². The normalized spacial score (nSPS) is 14.7. The topological polar surface area (TPSA) is 65.0 Å². The van der Waals surface area contributed by atoms with Gasteiger partial charge in [0, 0.05) is 38.2 Å². The Balaban J connectivity index is 1.21. The molecule has 0 aliphatic heterocycles. The fourth-order valence-electron chi connectivity index (χ4n) is 6.15. The van der Waals surface area contributed by atoms with Gasteiger partial charge >= 0.3 is 0 Å². The largest absolute Gasteiger partial charge is 0.456 e. The molecule has 0 atom stereocenters. The van der Waals surface area contributed by atoms with E-state index in [0.717, 1.165) is 21.9 Å². The molecule has 10 aromatic rings. The Labute approximate surface area is 302 Å². The summed E-state index contributed by atoms with van der Waals surface area (Å²) < 4.78 is 109. The van der Waals surface area contributed by atoms with Crippen LogP contribution in [-0.4, -0.2) is 15.0 Å². The molecule has 5 heteroatoms. The minimum atomic E-state index is -0.663. The first-order valence-electron chi connectivity index (χ1n) is 21.2. The maximum absolute atomic E-state index is 9.35. The molecule has 0 aliphatic carbocycles. The zero-order valence-electron chi connectivity index (χ0n) is 36.9. The van der Waals surface area contributed by atoms with Gasteiger partial charge in [-0.2, -0.15) is 0 Å². The van der Waals surface area contributed by atoms with Gasteiger partial charge in [-0.1, -0.05) is 133 Å². The second kappa shape index (κ2) is 11.4. The van der Waals surface area contributed by atoms with E-state index in [1.165, 1.54) is 0 Å². The predicted octanol–water partition coefficient (Wildman–Crippen LogP) is 12.0. The Bertz CT molecular complexity index is 3470. The zero-order chi connectivity index (χ0) is 42.6. The van der Waals surface area contributed by atoms with Crippen LogP contribution in [0.15, 0.2) is 172 Å². The van der Waals surface area contributed by atoms with Crippen molar-refractivity contribution in [2.45, 2.75) is 0 Å². The van der Waals surface area contributed by atoms with E-state index in [2.05, 4.69) is 0 Å². The summed E-state index contributed by atoms with van der Waals surface area (Å²) in [4.78, 5) is 14.3. The van der Waals surface area contributed by atoms with Crippen molar-refractivity contribution in [3.63, 3.8) is 0 Å². The highest BCUT2D eigenvalue weighted by Crippen LogP contribution is 2.38. The van der Waals surface area contributed by atoms with E-state index in [0.29, 0.717) is 22.3 Å². The van der Waals surface area contributed by atoms with Crippen LogP contribution in [0, 0.1) is 0 Å². The lowest BCUT2D eigenvalue weighted by atomic mass is 9.98. The van der Waals surface area contributed by atoms with Gasteiger partial charge < -0.3 is 8.83 Å². The average molecular weight is 653 g/mol. The van der Waals surface area contributed by atoms with Crippen molar-refractivity contribution in [3.8, 4) is 56.4 Å². The molecule has 0 aliphatic rings. The molecular weight excluding hydrogens is 615 g/mol. The van der Waals surface area contributed by atoms with Gasteiger partial charge in [0.2, 0.25) is 0 Å². The Kier molecular flexibility index (Phi) is 4.38. The van der Waals surface area contributed by atoms with Crippen molar-refractivity contribution in [2.75, 3.05) is 0 Å². The molecule has 50 heavy (non-hydrogen) atoms. The average Bonchev–Trinajstić information content (AvgIpc) is 3.87. The third kappa shape index (κ3) is 4.75. The van der Waals surface area contributed by atoms with Crippen LogP contribution in [-0.2, 0) is 0 Å². The number of aromatic nitrogens is 3. The van der Waals surface area contributed by atoms with Crippen LogP contribution in [0.3, 0.4) is 0 Å². The first-order chi connectivity index (χ1) is 29.3. The molecule has 0 N–H and O–H groups in total. The van der Waals surface area contributed by atoms with Crippen molar-refractivity contribution in [3.05, 3.63) is 164 Å². The summed E-state index contributed by atoms with van der Waals surface area (Å²) in [7, 11) is 0. The van der Waals surface area contributed by atoms with Crippen LogP contribution in [0.1, 0.15) is 15.1 Å². The van der Waals surface area contributed by atoms with Gasteiger partial charge in [0.1, 0.15) is 22.3 Å². The van der Waals surface area contributed by atoms with Crippen LogP contribution in [0.25, 0.3) is 100 Å². The van der Waals surface area contributed by atoms with E-state index in [4.69, 9.17) is 33.4 Å². The first-order valence-corrected chi connectivity index (χ1v) is 15.7. The van der Waals surface area contributed by atoms with Crippen molar-refractivity contribution < 1.29 is 23.9 Å². The highest BCUT2D eigenvalue weighted by atomic mass is 16.3. The molecule has 0 fully saturated rings. The third-order valence-electron chi connectivity index (χ3n) is 8.57. The number of rotatable bonds is 5. The molecule has 5 nitrogen and oxygen atoms in total. The molecule has 0 amide bonds. The van der Waals surface area contributed by atoms with Crippen LogP contribution in [0.2, 0.25) is 0 Å². The molecular formula is C45H27N3O2. The molecule has 0 bridgehead atoms. The summed E-state index contributed by atoms with van der Waals surface area (Å²) in [6.45, 7) is 0. The Morgan fingerprint density at radius 3 is 1.82 bits per heavy atom. The van der Waals surface area contributed by atoms with Crippen molar-refractivity contribution >= 4 is 43.9 Å². The smallest absolute Gasteiger partial charge is 0.164 e. The second-order valence-electron chi connectivity index (χ2n) is 11.6. The summed E-state index contributed by atoms with van der Waals surface area (Å²) in [5, 5.41) is 1.38. The monoisotopic (exact) mass is 652 g/mol. The van der Waals surface area contributed by atoms with Gasteiger partial charge in [0.15, 0.2) is 17.5 Å². The summed E-state index contributed by atoms with van der Waals surface area (Å²) in [6, 6.07) is 23.8. The molecule has 3 aromatic heterocycles. The van der Waals surface area contributed by atoms with Gasteiger partial charge in [-0.15, -0.1) is 0 Å². The third-order valence-corrected chi connectivity index (χ3v) is 8.57. The lowest BCUT2D eigenvalue weighted by Gasteiger charge is -2.10. The highest BCUT2D eigenvalue weighted by molar-refractivity contribution is 6.12. The van der Waals surface area contributed by atoms with Gasteiger partial charge in [-0.05, 0) is 52.5 Å². The number of nitrogens with zero attached hydrogens (tertiary/aromatic N) is 3. The molecule has 0 spiro atoms. The zero-order valence-corrected chi connectivity index (χ0v) is 25.9. The van der Waals surface area contributed by atoms with Crippen molar-refractivity contribution in [1.82, 2.24) is 15.0 Å². The Morgan fingerprint density at radius 1 is 0.380 bits per heavy atom. The minimum absolute atomic E-state index is 0.162. The van der Waals surface area contributed by atoms with Crippen LogP contribution >= 0.6 is 0 Å². The summed E-state index contributed by atoms with van der Waals surface area (Å²) in [5.41, 5.74) is 2.57. The fraction of sp³-hybridized carbons (Fsp3) is 0. The van der Waals surface area contributed by atoms with Gasteiger partial charge in [0.05, 0.1) is 15.1 Å². The number of benzene rings is 7. The quantitative estimate of drug-likeness (QED) is 0.185. The van der Waals surface area contributed by atoms with Gasteiger partial charge in [-0.3, -0.25) is 0 Å². The number of hydrogen-bond acceptors (Lipinski definition) is 5. The lowest BCUT2D eigenvalue weighted by Crippen LogP contribution is -2.00.